The minimum absolute atomic E-state index is 0. The first-order valence-electron chi connectivity index (χ1n) is 4.36. The molecule has 0 atom stereocenters. The Balaban J connectivity index is 0.000000980. The molecule has 0 radical (unpaired) electrons. The summed E-state index contributed by atoms with van der Waals surface area (Å²) in [6.45, 7) is 0. The zero-order valence-corrected chi connectivity index (χ0v) is 10.5. The lowest BCUT2D eigenvalue weighted by atomic mass is 10.1. The highest BCUT2D eigenvalue weighted by molar-refractivity contribution is 5.84. The van der Waals surface area contributed by atoms with E-state index in [4.69, 9.17) is 0 Å². The van der Waals surface area contributed by atoms with E-state index in [9.17, 15) is 0 Å². The second-order valence-corrected chi connectivity index (χ2v) is 3.58. The normalized spacial score (nSPS) is 17.4. The third kappa shape index (κ3) is 2.04. The molecule has 1 aromatic rings. The highest BCUT2D eigenvalue weighted by atomic mass is 127. The van der Waals surface area contributed by atoms with Crippen LogP contribution in [0.25, 0.3) is 5.70 Å². The van der Waals surface area contributed by atoms with Gasteiger partial charge in [0.2, 0.25) is 0 Å². The van der Waals surface area contributed by atoms with Crippen LogP contribution in [0.3, 0.4) is 0 Å². The third-order valence-electron chi connectivity index (χ3n) is 2.25. The molecule has 0 saturated carbocycles. The number of rotatable bonds is 1. The maximum atomic E-state index is 4.35. The summed E-state index contributed by atoms with van der Waals surface area (Å²) in [5.74, 6) is 0. The number of allylic oxidation sites excluding steroid dienone is 1. The van der Waals surface area contributed by atoms with Gasteiger partial charge in [-0.05, 0) is 12.1 Å². The number of hydrogen-bond donors (Lipinski definition) is 0. The van der Waals surface area contributed by atoms with Gasteiger partial charge in [0.1, 0.15) is 0 Å². The fourth-order valence-corrected chi connectivity index (χ4v) is 1.54. The largest absolute Gasteiger partial charge is 1.00 e. The molecule has 0 unspecified atom stereocenters. The van der Waals surface area contributed by atoms with Crippen molar-refractivity contribution in [2.75, 3.05) is 14.1 Å². The number of benzene rings is 1. The predicted octanol–water partition coefficient (Wildman–Crippen LogP) is -0.893. The lowest BCUT2D eigenvalue weighted by Crippen LogP contribution is -3.00. The molecule has 74 valence electrons. The van der Waals surface area contributed by atoms with Gasteiger partial charge >= 0.3 is 0 Å². The number of halogens is 1. The second-order valence-electron chi connectivity index (χ2n) is 3.58. The van der Waals surface area contributed by atoms with Crippen LogP contribution < -0.4 is 24.0 Å². The average molecular weight is 300 g/mol. The first kappa shape index (κ1) is 11.4. The Kier molecular flexibility index (Phi) is 3.44. The Labute approximate surface area is 102 Å². The van der Waals surface area contributed by atoms with Gasteiger partial charge in [0.25, 0.3) is 0 Å². The topological polar surface area (TPSA) is 12.4 Å². The van der Waals surface area contributed by atoms with E-state index in [1.807, 2.05) is 12.3 Å². The molecule has 0 N–H and O–H groups in total. The summed E-state index contributed by atoms with van der Waals surface area (Å²) in [5, 5.41) is 4.35. The van der Waals surface area contributed by atoms with Crippen molar-refractivity contribution in [3.63, 3.8) is 0 Å². The summed E-state index contributed by atoms with van der Waals surface area (Å²) in [4.78, 5) is 0. The van der Waals surface area contributed by atoms with E-state index in [1.165, 1.54) is 11.3 Å². The van der Waals surface area contributed by atoms with Gasteiger partial charge in [-0.3, -0.25) is 0 Å². The zero-order chi connectivity index (χ0) is 9.31. The van der Waals surface area contributed by atoms with Crippen LogP contribution in [0, 0.1) is 0 Å². The van der Waals surface area contributed by atoms with E-state index in [0.717, 1.165) is 0 Å². The minimum Gasteiger partial charge on any atom is -1.00 e. The third-order valence-corrected chi connectivity index (χ3v) is 2.25. The second kappa shape index (κ2) is 4.23. The molecule has 0 bridgehead atoms. The van der Waals surface area contributed by atoms with Crippen LogP contribution in [0.2, 0.25) is 0 Å². The van der Waals surface area contributed by atoms with Crippen molar-refractivity contribution in [1.29, 1.82) is 0 Å². The van der Waals surface area contributed by atoms with E-state index in [2.05, 4.69) is 49.5 Å². The Morgan fingerprint density at radius 2 is 1.71 bits per heavy atom. The van der Waals surface area contributed by atoms with Gasteiger partial charge in [-0.25, -0.2) is 0 Å². The molecule has 2 nitrogen and oxygen atoms in total. The van der Waals surface area contributed by atoms with Gasteiger partial charge in [-0.1, -0.05) is 23.3 Å². The first-order chi connectivity index (χ1) is 6.20. The molecule has 0 fully saturated rings. The van der Waals surface area contributed by atoms with Crippen molar-refractivity contribution in [2.24, 2.45) is 5.10 Å². The fourth-order valence-electron chi connectivity index (χ4n) is 1.54. The smallest absolute Gasteiger partial charge is 0.167 e. The molecule has 14 heavy (non-hydrogen) atoms. The van der Waals surface area contributed by atoms with Crippen molar-refractivity contribution in [1.82, 2.24) is 0 Å². The van der Waals surface area contributed by atoms with Crippen molar-refractivity contribution in [2.45, 2.75) is 0 Å². The van der Waals surface area contributed by atoms with Crippen LogP contribution in [-0.4, -0.2) is 24.9 Å². The SMILES string of the molecule is C[N+]1(C)N=CC=C1c1ccccc1.[I-]. The van der Waals surface area contributed by atoms with Gasteiger partial charge in [-0.15, -0.1) is 0 Å². The maximum absolute atomic E-state index is 4.35. The van der Waals surface area contributed by atoms with Crippen LogP contribution in [-0.2, 0) is 0 Å². The van der Waals surface area contributed by atoms with E-state index >= 15 is 0 Å². The van der Waals surface area contributed by atoms with Crippen LogP contribution in [0.5, 0.6) is 0 Å². The van der Waals surface area contributed by atoms with Crippen LogP contribution >= 0.6 is 0 Å². The van der Waals surface area contributed by atoms with E-state index in [1.54, 1.807) is 0 Å². The Hall–Kier alpha value is -0.680. The summed E-state index contributed by atoms with van der Waals surface area (Å²) in [6, 6.07) is 10.4. The molecule has 0 aliphatic carbocycles. The zero-order valence-electron chi connectivity index (χ0n) is 8.31. The van der Waals surface area contributed by atoms with Gasteiger partial charge in [-0.2, -0.15) is 4.59 Å². The first-order valence-corrected chi connectivity index (χ1v) is 4.36. The van der Waals surface area contributed by atoms with Gasteiger partial charge in [0.05, 0.1) is 20.3 Å². The summed E-state index contributed by atoms with van der Waals surface area (Å²) >= 11 is 0. The molecule has 2 rings (SSSR count). The number of nitrogens with zero attached hydrogens (tertiary/aromatic N) is 2. The molecule has 1 aromatic carbocycles. The molecule has 1 heterocycles. The monoisotopic (exact) mass is 300 g/mol. The Bertz CT molecular complexity index is 366. The van der Waals surface area contributed by atoms with Crippen molar-refractivity contribution >= 4 is 11.9 Å². The Morgan fingerprint density at radius 3 is 2.21 bits per heavy atom. The highest BCUT2D eigenvalue weighted by Gasteiger charge is 2.26. The molecule has 0 spiro atoms. The van der Waals surface area contributed by atoms with E-state index < -0.39 is 0 Å². The summed E-state index contributed by atoms with van der Waals surface area (Å²) in [7, 11) is 4.14. The van der Waals surface area contributed by atoms with Crippen LogP contribution in [0.15, 0.2) is 41.5 Å². The molecule has 0 saturated heterocycles. The summed E-state index contributed by atoms with van der Waals surface area (Å²) in [6.07, 6.45) is 3.93. The summed E-state index contributed by atoms with van der Waals surface area (Å²) < 4.78 is 0.587. The van der Waals surface area contributed by atoms with E-state index in [-0.39, 0.29) is 24.0 Å². The Morgan fingerprint density at radius 1 is 1.07 bits per heavy atom. The molecule has 0 amide bonds. The predicted molar refractivity (Wildman–Crippen MR) is 55.0 cm³/mol. The van der Waals surface area contributed by atoms with Crippen LogP contribution in [0.4, 0.5) is 0 Å². The fraction of sp³-hybridized carbons (Fsp3) is 0.182. The van der Waals surface area contributed by atoms with E-state index in [0.29, 0.717) is 4.59 Å². The minimum atomic E-state index is 0. The maximum Gasteiger partial charge on any atom is 0.167 e. The summed E-state index contributed by atoms with van der Waals surface area (Å²) in [5.41, 5.74) is 2.48. The molecule has 1 aliphatic rings. The lowest BCUT2D eigenvalue weighted by molar-refractivity contribution is -0.822. The number of quaternary nitrogens is 1. The standard InChI is InChI=1S/C11H13N2.HI/c1-13(2)11(8-9-12-13)10-6-4-3-5-7-10;/h3-9H,1-2H3;1H/q+1;/p-1. The van der Waals surface area contributed by atoms with Crippen molar-refractivity contribution in [3.05, 3.63) is 42.0 Å². The lowest BCUT2D eigenvalue weighted by Gasteiger charge is -2.20. The number of hydrogen-bond acceptors (Lipinski definition) is 1. The molecule has 0 aromatic heterocycles. The molecular formula is C11H13IN2. The molecular weight excluding hydrogens is 287 g/mol. The van der Waals surface area contributed by atoms with Crippen molar-refractivity contribution in [3.8, 4) is 0 Å². The van der Waals surface area contributed by atoms with Gasteiger partial charge in [0, 0.05) is 11.6 Å². The highest BCUT2D eigenvalue weighted by Crippen LogP contribution is 2.26. The van der Waals surface area contributed by atoms with Gasteiger partial charge in [0.15, 0.2) is 5.70 Å². The quantitative estimate of drug-likeness (QED) is 0.471. The van der Waals surface area contributed by atoms with Gasteiger partial charge < -0.3 is 24.0 Å². The van der Waals surface area contributed by atoms with Crippen molar-refractivity contribution < 1.29 is 28.6 Å². The molecule has 1 aliphatic heterocycles. The molecule has 3 heteroatoms. The van der Waals surface area contributed by atoms with Crippen LogP contribution in [0.1, 0.15) is 5.56 Å². The average Bonchev–Trinajstić information content (AvgIpc) is 2.47.